The second kappa shape index (κ2) is 7.00. The van der Waals surface area contributed by atoms with Crippen LogP contribution in [0.4, 0.5) is 0 Å². The Morgan fingerprint density at radius 1 is 1.04 bits per heavy atom. The predicted octanol–water partition coefficient (Wildman–Crippen LogP) is 4.09. The number of aromatic nitrogens is 4. The maximum atomic E-state index is 12.8. The van der Waals surface area contributed by atoms with Crippen molar-refractivity contribution in [1.82, 2.24) is 19.6 Å². The lowest BCUT2D eigenvalue weighted by Gasteiger charge is -2.24. The van der Waals surface area contributed by atoms with Crippen molar-refractivity contribution in [2.75, 3.05) is 7.11 Å². The van der Waals surface area contributed by atoms with Gasteiger partial charge in [-0.15, -0.1) is 5.10 Å². The van der Waals surface area contributed by atoms with Crippen LogP contribution < -0.4 is 4.74 Å². The highest BCUT2D eigenvalue weighted by molar-refractivity contribution is 5.98. The smallest absolute Gasteiger partial charge is 0.252 e. The molecule has 1 unspecified atom stereocenters. The summed E-state index contributed by atoms with van der Waals surface area (Å²) < 4.78 is 7.08. The van der Waals surface area contributed by atoms with Gasteiger partial charge in [0.15, 0.2) is 11.6 Å². The third kappa shape index (κ3) is 2.97. The van der Waals surface area contributed by atoms with Crippen LogP contribution in [0.25, 0.3) is 5.78 Å². The number of Topliss-reactive ketones (excluding diaryl/α,β-unsaturated/α-hetero) is 1. The number of carbonyl (C=O) groups excluding carboxylic acids is 1. The van der Waals surface area contributed by atoms with E-state index in [2.05, 4.69) is 17.1 Å². The first kappa shape index (κ1) is 17.3. The lowest BCUT2D eigenvalue weighted by Crippen LogP contribution is -2.22. The summed E-state index contributed by atoms with van der Waals surface area (Å²) >= 11 is 0. The zero-order valence-corrected chi connectivity index (χ0v) is 16.1. The number of benzene rings is 1. The average Bonchev–Trinajstić information content (AvgIpc) is 3.19. The molecule has 6 nitrogen and oxygen atoms in total. The van der Waals surface area contributed by atoms with Crippen LogP contribution in [-0.4, -0.2) is 32.5 Å². The standard InChI is InChI=1S/C22H24N4O2/c1-28-17-9-7-14(8-10-17)16-11-19-18(20(27)12-16)13-23-22-24-21(25-26(19)22)15-5-3-2-4-6-15/h7-10,13,15-16H,2-6,11-12H2,1H3. The van der Waals surface area contributed by atoms with Gasteiger partial charge in [0.25, 0.3) is 5.78 Å². The van der Waals surface area contributed by atoms with Gasteiger partial charge < -0.3 is 4.74 Å². The summed E-state index contributed by atoms with van der Waals surface area (Å²) in [6.07, 6.45) is 9.02. The van der Waals surface area contributed by atoms with Gasteiger partial charge in [-0.05, 0) is 42.9 Å². The number of carbonyl (C=O) groups is 1. The van der Waals surface area contributed by atoms with Crippen molar-refractivity contribution in [3.8, 4) is 5.75 Å². The molecule has 0 amide bonds. The molecule has 28 heavy (non-hydrogen) atoms. The molecule has 0 bridgehead atoms. The second-order valence-corrected chi connectivity index (χ2v) is 7.94. The van der Waals surface area contributed by atoms with Gasteiger partial charge in [-0.25, -0.2) is 9.50 Å². The minimum Gasteiger partial charge on any atom is -0.497 e. The van der Waals surface area contributed by atoms with Gasteiger partial charge in [0.1, 0.15) is 5.75 Å². The SMILES string of the molecule is COc1ccc(C2CC(=O)c3cnc4nc(C5CCCCC5)nn4c3C2)cc1. The van der Waals surface area contributed by atoms with Gasteiger partial charge in [-0.2, -0.15) is 4.98 Å². The number of fused-ring (bicyclic) bond motifs is 3. The topological polar surface area (TPSA) is 69.4 Å². The Labute approximate surface area is 164 Å². The van der Waals surface area contributed by atoms with E-state index in [9.17, 15) is 4.79 Å². The fourth-order valence-corrected chi connectivity index (χ4v) is 4.61. The molecule has 2 heterocycles. The van der Waals surface area contributed by atoms with E-state index in [1.165, 1.54) is 19.3 Å². The van der Waals surface area contributed by atoms with Crippen molar-refractivity contribution in [1.29, 1.82) is 0 Å². The van der Waals surface area contributed by atoms with Gasteiger partial charge in [-0.3, -0.25) is 4.79 Å². The van der Waals surface area contributed by atoms with Crippen molar-refractivity contribution < 1.29 is 9.53 Å². The number of hydrogen-bond donors (Lipinski definition) is 0. The highest BCUT2D eigenvalue weighted by Gasteiger charge is 2.30. The molecule has 0 radical (unpaired) electrons. The van der Waals surface area contributed by atoms with Crippen LogP contribution in [0.5, 0.6) is 5.75 Å². The normalized spacial score (nSPS) is 20.3. The Bertz CT molecular complexity index is 1020. The molecule has 0 N–H and O–H groups in total. The molecule has 1 aromatic carbocycles. The van der Waals surface area contributed by atoms with Crippen LogP contribution in [0.15, 0.2) is 30.5 Å². The lowest BCUT2D eigenvalue weighted by molar-refractivity contribution is 0.0962. The van der Waals surface area contributed by atoms with Crippen LogP contribution in [-0.2, 0) is 6.42 Å². The number of ether oxygens (including phenoxy) is 1. The van der Waals surface area contributed by atoms with Gasteiger partial charge in [-0.1, -0.05) is 31.4 Å². The average molecular weight is 376 g/mol. The second-order valence-electron chi connectivity index (χ2n) is 7.94. The number of hydrogen-bond acceptors (Lipinski definition) is 5. The molecule has 1 saturated carbocycles. The molecule has 0 spiro atoms. The Kier molecular flexibility index (Phi) is 4.34. The molecule has 3 aromatic rings. The zero-order chi connectivity index (χ0) is 19.1. The summed E-state index contributed by atoms with van der Waals surface area (Å²) in [7, 11) is 1.66. The molecule has 2 aliphatic carbocycles. The summed E-state index contributed by atoms with van der Waals surface area (Å²) in [5.41, 5.74) is 2.78. The Morgan fingerprint density at radius 2 is 1.82 bits per heavy atom. The number of nitrogens with zero attached hydrogens (tertiary/aromatic N) is 4. The first-order valence-corrected chi connectivity index (χ1v) is 10.1. The van der Waals surface area contributed by atoms with Crippen molar-refractivity contribution >= 4 is 11.6 Å². The van der Waals surface area contributed by atoms with Crippen LogP contribution in [0.1, 0.15) is 77.8 Å². The Balaban J connectivity index is 1.52. The Morgan fingerprint density at radius 3 is 2.57 bits per heavy atom. The van der Waals surface area contributed by atoms with Crippen LogP contribution in [0.2, 0.25) is 0 Å². The molecule has 1 fully saturated rings. The van der Waals surface area contributed by atoms with Gasteiger partial charge in [0.2, 0.25) is 0 Å². The molecule has 0 aliphatic heterocycles. The van der Waals surface area contributed by atoms with Crippen LogP contribution >= 0.6 is 0 Å². The Hall–Kier alpha value is -2.76. The summed E-state index contributed by atoms with van der Waals surface area (Å²) in [6.45, 7) is 0. The van der Waals surface area contributed by atoms with Crippen LogP contribution in [0.3, 0.4) is 0 Å². The number of rotatable bonds is 3. The molecule has 1 atom stereocenters. The van der Waals surface area contributed by atoms with Crippen molar-refractivity contribution in [2.24, 2.45) is 0 Å². The maximum absolute atomic E-state index is 12.8. The van der Waals surface area contributed by atoms with E-state index >= 15 is 0 Å². The van der Waals surface area contributed by atoms with Crippen LogP contribution in [0, 0.1) is 0 Å². The van der Waals surface area contributed by atoms with Crippen molar-refractivity contribution in [3.05, 3.63) is 53.1 Å². The summed E-state index contributed by atoms with van der Waals surface area (Å²) in [5, 5.41) is 4.81. The third-order valence-corrected chi connectivity index (χ3v) is 6.21. The van der Waals surface area contributed by atoms with E-state index in [0.29, 0.717) is 23.7 Å². The lowest BCUT2D eigenvalue weighted by atomic mass is 9.82. The molecule has 2 aliphatic rings. The summed E-state index contributed by atoms with van der Waals surface area (Å²) in [5.74, 6) is 3.01. The highest BCUT2D eigenvalue weighted by atomic mass is 16.5. The van der Waals surface area contributed by atoms with E-state index in [1.807, 2.05) is 16.6 Å². The molecular weight excluding hydrogens is 352 g/mol. The summed E-state index contributed by atoms with van der Waals surface area (Å²) in [4.78, 5) is 22.0. The zero-order valence-electron chi connectivity index (χ0n) is 16.1. The van der Waals surface area contributed by atoms with E-state index < -0.39 is 0 Å². The quantitative estimate of drug-likeness (QED) is 0.688. The van der Waals surface area contributed by atoms with E-state index in [1.54, 1.807) is 13.3 Å². The molecule has 0 saturated heterocycles. The fraction of sp³-hybridized carbons (Fsp3) is 0.455. The molecule has 2 aromatic heterocycles. The van der Waals surface area contributed by atoms with E-state index in [0.717, 1.165) is 42.1 Å². The molecular formula is C22H24N4O2. The molecule has 6 heteroatoms. The van der Waals surface area contributed by atoms with Gasteiger partial charge in [0, 0.05) is 18.5 Å². The van der Waals surface area contributed by atoms with Gasteiger partial charge >= 0.3 is 0 Å². The first-order chi connectivity index (χ1) is 13.7. The van der Waals surface area contributed by atoms with Gasteiger partial charge in [0.05, 0.1) is 18.4 Å². The minimum atomic E-state index is 0.131. The third-order valence-electron chi connectivity index (χ3n) is 6.21. The summed E-state index contributed by atoms with van der Waals surface area (Å²) in [6, 6.07) is 8.01. The largest absolute Gasteiger partial charge is 0.497 e. The van der Waals surface area contributed by atoms with Crippen molar-refractivity contribution in [3.63, 3.8) is 0 Å². The van der Waals surface area contributed by atoms with E-state index in [-0.39, 0.29) is 11.7 Å². The maximum Gasteiger partial charge on any atom is 0.252 e. The van der Waals surface area contributed by atoms with E-state index in [4.69, 9.17) is 14.8 Å². The predicted molar refractivity (Wildman–Crippen MR) is 105 cm³/mol. The fourth-order valence-electron chi connectivity index (χ4n) is 4.61. The first-order valence-electron chi connectivity index (χ1n) is 10.1. The monoisotopic (exact) mass is 376 g/mol. The number of methoxy groups -OCH3 is 1. The number of ketones is 1. The molecule has 144 valence electrons. The molecule has 5 rings (SSSR count). The minimum absolute atomic E-state index is 0.131. The highest BCUT2D eigenvalue weighted by Crippen LogP contribution is 2.34. The van der Waals surface area contributed by atoms with Crippen molar-refractivity contribution in [2.45, 2.75) is 56.8 Å².